The van der Waals surface area contributed by atoms with Crippen LogP contribution in [0.1, 0.15) is 39.2 Å². The van der Waals surface area contributed by atoms with Gasteiger partial charge in [0, 0.05) is 6.04 Å². The van der Waals surface area contributed by atoms with E-state index in [0.29, 0.717) is 10.9 Å². The maximum atomic E-state index is 12.3. The topological polar surface area (TPSA) is 74.1 Å². The van der Waals surface area contributed by atoms with Gasteiger partial charge in [-0.05, 0) is 31.4 Å². The maximum absolute atomic E-state index is 12.3. The standard InChI is InChI=1S/C17H22N4O2S/c1-11(2)13-7-5-6-8-14(13)21-16(23)10-24-17(21)20-18-9-15(22)19-12(3)4/h5-9,11-12H,10H2,1-4H3,(H,19,22)/b18-9+,20-17-. The number of nitrogens with zero attached hydrogens (tertiary/aromatic N) is 3. The first-order valence-electron chi connectivity index (χ1n) is 7.86. The zero-order valence-corrected chi connectivity index (χ0v) is 15.1. The highest BCUT2D eigenvalue weighted by atomic mass is 32.2. The molecule has 1 saturated heterocycles. The molecule has 0 spiro atoms. The van der Waals surface area contributed by atoms with E-state index < -0.39 is 0 Å². The first-order chi connectivity index (χ1) is 11.4. The Bertz CT molecular complexity index is 683. The van der Waals surface area contributed by atoms with Gasteiger partial charge in [0.1, 0.15) is 6.21 Å². The molecule has 1 heterocycles. The van der Waals surface area contributed by atoms with Gasteiger partial charge in [-0.1, -0.05) is 43.8 Å². The lowest BCUT2D eigenvalue weighted by atomic mass is 10.0. The molecule has 128 valence electrons. The monoisotopic (exact) mass is 346 g/mol. The lowest BCUT2D eigenvalue weighted by molar-refractivity contribution is -0.115. The van der Waals surface area contributed by atoms with Crippen molar-refractivity contribution in [3.05, 3.63) is 29.8 Å². The number of thioether (sulfide) groups is 1. The van der Waals surface area contributed by atoms with E-state index in [-0.39, 0.29) is 23.8 Å². The Morgan fingerprint density at radius 3 is 2.67 bits per heavy atom. The Labute approximate surface area is 146 Å². The van der Waals surface area contributed by atoms with E-state index in [1.54, 1.807) is 4.90 Å². The highest BCUT2D eigenvalue weighted by Gasteiger charge is 2.31. The molecule has 24 heavy (non-hydrogen) atoms. The molecule has 1 aliphatic heterocycles. The minimum atomic E-state index is -0.308. The van der Waals surface area contributed by atoms with Crippen molar-refractivity contribution < 1.29 is 9.59 Å². The molecule has 1 aromatic rings. The van der Waals surface area contributed by atoms with Crippen LogP contribution in [0.3, 0.4) is 0 Å². The smallest absolute Gasteiger partial charge is 0.264 e. The Kier molecular flexibility index (Phi) is 6.14. The van der Waals surface area contributed by atoms with Gasteiger partial charge in [-0.25, -0.2) is 0 Å². The molecule has 1 aromatic carbocycles. The second-order valence-corrected chi connectivity index (χ2v) is 6.96. The predicted octanol–water partition coefficient (Wildman–Crippen LogP) is 2.76. The zero-order chi connectivity index (χ0) is 17.7. The molecule has 6 nitrogen and oxygen atoms in total. The number of rotatable bonds is 5. The summed E-state index contributed by atoms with van der Waals surface area (Å²) in [7, 11) is 0. The minimum Gasteiger partial charge on any atom is -0.349 e. The molecule has 2 rings (SSSR count). The molecule has 1 fully saturated rings. The van der Waals surface area contributed by atoms with Crippen LogP contribution in [0.2, 0.25) is 0 Å². The zero-order valence-electron chi connectivity index (χ0n) is 14.3. The number of hydrogen-bond acceptors (Lipinski definition) is 5. The molecular weight excluding hydrogens is 324 g/mol. The van der Waals surface area contributed by atoms with Crippen LogP contribution in [-0.2, 0) is 9.59 Å². The van der Waals surface area contributed by atoms with Gasteiger partial charge in [0.2, 0.25) is 5.91 Å². The van der Waals surface area contributed by atoms with Gasteiger partial charge in [0.05, 0.1) is 11.4 Å². The second-order valence-electron chi connectivity index (χ2n) is 6.02. The van der Waals surface area contributed by atoms with Gasteiger partial charge in [-0.15, -0.1) is 5.10 Å². The summed E-state index contributed by atoms with van der Waals surface area (Å²) in [5.74, 6) is 0.256. The van der Waals surface area contributed by atoms with E-state index in [9.17, 15) is 9.59 Å². The summed E-state index contributed by atoms with van der Waals surface area (Å²) in [6, 6.07) is 7.80. The minimum absolute atomic E-state index is 0.0336. The summed E-state index contributed by atoms with van der Waals surface area (Å²) in [6.07, 6.45) is 1.13. The first kappa shape index (κ1) is 18.2. The molecule has 0 bridgehead atoms. The molecule has 1 N–H and O–H groups in total. The van der Waals surface area contributed by atoms with Crippen LogP contribution in [0.5, 0.6) is 0 Å². The third-order valence-electron chi connectivity index (χ3n) is 3.31. The number of nitrogens with one attached hydrogen (secondary N) is 1. The average Bonchev–Trinajstić information content (AvgIpc) is 2.87. The van der Waals surface area contributed by atoms with Crippen LogP contribution in [0.4, 0.5) is 5.69 Å². The molecule has 0 saturated carbocycles. The van der Waals surface area contributed by atoms with E-state index in [2.05, 4.69) is 29.4 Å². The number of para-hydroxylation sites is 1. The van der Waals surface area contributed by atoms with Crippen molar-refractivity contribution in [2.45, 2.75) is 39.7 Å². The highest BCUT2D eigenvalue weighted by Crippen LogP contribution is 2.33. The first-order valence-corrected chi connectivity index (χ1v) is 8.85. The van der Waals surface area contributed by atoms with E-state index in [4.69, 9.17) is 0 Å². The van der Waals surface area contributed by atoms with Crippen LogP contribution in [0, 0.1) is 0 Å². The number of anilines is 1. The summed E-state index contributed by atoms with van der Waals surface area (Å²) in [5.41, 5.74) is 1.89. The number of amides is 2. The molecule has 0 aromatic heterocycles. The quantitative estimate of drug-likeness (QED) is 0.658. The molecular formula is C17H22N4O2S. The lowest BCUT2D eigenvalue weighted by Gasteiger charge is -2.20. The third-order valence-corrected chi connectivity index (χ3v) is 4.23. The van der Waals surface area contributed by atoms with Crippen LogP contribution >= 0.6 is 11.8 Å². The summed E-state index contributed by atoms with van der Waals surface area (Å²) in [5, 5.41) is 11.1. The van der Waals surface area contributed by atoms with Gasteiger partial charge < -0.3 is 5.32 Å². The number of hydrogen-bond donors (Lipinski definition) is 1. The normalized spacial score (nSPS) is 16.8. The summed E-state index contributed by atoms with van der Waals surface area (Å²) in [6.45, 7) is 7.90. The summed E-state index contributed by atoms with van der Waals surface area (Å²) < 4.78 is 0. The summed E-state index contributed by atoms with van der Waals surface area (Å²) in [4.78, 5) is 25.4. The number of benzene rings is 1. The molecule has 0 radical (unpaired) electrons. The van der Waals surface area contributed by atoms with E-state index in [1.807, 2.05) is 38.1 Å². The summed E-state index contributed by atoms with van der Waals surface area (Å²) >= 11 is 1.32. The number of carbonyl (C=O) groups excluding carboxylic acids is 2. The Morgan fingerprint density at radius 2 is 2.00 bits per heavy atom. The van der Waals surface area contributed by atoms with Gasteiger partial charge in [0.15, 0.2) is 5.17 Å². The molecule has 2 amide bonds. The molecule has 7 heteroatoms. The fourth-order valence-corrected chi connectivity index (χ4v) is 3.12. The molecule has 1 aliphatic rings. The molecule has 0 atom stereocenters. The van der Waals surface area contributed by atoms with Crippen molar-refractivity contribution in [2.75, 3.05) is 10.7 Å². The van der Waals surface area contributed by atoms with E-state index in [0.717, 1.165) is 17.5 Å². The molecule has 0 unspecified atom stereocenters. The van der Waals surface area contributed by atoms with E-state index in [1.165, 1.54) is 11.8 Å². The Morgan fingerprint density at radius 1 is 1.29 bits per heavy atom. The average molecular weight is 346 g/mol. The van der Waals surface area contributed by atoms with Crippen molar-refractivity contribution in [3.63, 3.8) is 0 Å². The van der Waals surface area contributed by atoms with Gasteiger partial charge in [-0.2, -0.15) is 5.10 Å². The van der Waals surface area contributed by atoms with Crippen molar-refractivity contribution >= 4 is 40.6 Å². The van der Waals surface area contributed by atoms with Crippen LogP contribution in [0.15, 0.2) is 34.5 Å². The van der Waals surface area contributed by atoms with Crippen LogP contribution in [0.25, 0.3) is 0 Å². The van der Waals surface area contributed by atoms with Crippen molar-refractivity contribution in [1.29, 1.82) is 0 Å². The van der Waals surface area contributed by atoms with Crippen LogP contribution < -0.4 is 10.2 Å². The molecule has 0 aliphatic carbocycles. The van der Waals surface area contributed by atoms with Crippen molar-refractivity contribution in [3.8, 4) is 0 Å². The second kappa shape index (κ2) is 8.10. The van der Waals surface area contributed by atoms with E-state index >= 15 is 0 Å². The van der Waals surface area contributed by atoms with Crippen LogP contribution in [-0.4, -0.2) is 35.0 Å². The SMILES string of the molecule is CC(C)NC(=O)/C=N/N=C1\SCC(=O)N1c1ccccc1C(C)C. The fraction of sp³-hybridized carbons (Fsp3) is 0.412. The fourth-order valence-electron chi connectivity index (χ4n) is 2.30. The van der Waals surface area contributed by atoms with Gasteiger partial charge in [-0.3, -0.25) is 14.5 Å². The Balaban J connectivity index is 2.25. The number of amidine groups is 1. The number of carbonyl (C=O) groups is 2. The van der Waals surface area contributed by atoms with Crippen molar-refractivity contribution in [2.24, 2.45) is 10.2 Å². The predicted molar refractivity (Wildman–Crippen MR) is 99.7 cm³/mol. The highest BCUT2D eigenvalue weighted by molar-refractivity contribution is 8.15. The Hall–Kier alpha value is -2.15. The lowest BCUT2D eigenvalue weighted by Crippen LogP contribution is -2.31. The largest absolute Gasteiger partial charge is 0.349 e. The third kappa shape index (κ3) is 4.44. The maximum Gasteiger partial charge on any atom is 0.264 e. The van der Waals surface area contributed by atoms with Gasteiger partial charge >= 0.3 is 0 Å². The van der Waals surface area contributed by atoms with Crippen molar-refractivity contribution in [1.82, 2.24) is 5.32 Å². The van der Waals surface area contributed by atoms with Gasteiger partial charge in [0.25, 0.3) is 5.91 Å².